The Bertz CT molecular complexity index is 1300. The number of likely N-dealkylation sites (N-methyl/N-ethyl adjacent to an activating group) is 1. The van der Waals surface area contributed by atoms with E-state index in [0.717, 1.165) is 103 Å². The fourth-order valence-electron chi connectivity index (χ4n) is 5.22. The van der Waals surface area contributed by atoms with Crippen molar-refractivity contribution in [3.63, 3.8) is 0 Å². The van der Waals surface area contributed by atoms with Gasteiger partial charge in [-0.1, -0.05) is 137 Å². The Balaban J connectivity index is 4.48. The zero-order chi connectivity index (χ0) is 42.8. The van der Waals surface area contributed by atoms with Gasteiger partial charge in [-0.15, -0.1) is 0 Å². The quantitative estimate of drug-likeness (QED) is 0.0199. The van der Waals surface area contributed by atoms with Crippen molar-refractivity contribution in [1.82, 2.24) is 0 Å². The Hall–Kier alpha value is -3.07. The molecule has 0 aromatic rings. The lowest BCUT2D eigenvalue weighted by molar-refractivity contribution is -0.870. The SMILES string of the molecule is CC/C=C/C/C=C/C/C=C/C/C=C/C/C=C/CCCCCC(=O)O[C@H](COC(=O)CCCCCCC/C=C/C/C=C/C/C=C/CC)COP(=O)([O-])OCC[N+](C)(C)C. The minimum absolute atomic E-state index is 0.0466. The van der Waals surface area contributed by atoms with Crippen molar-refractivity contribution in [3.05, 3.63) is 97.2 Å². The third kappa shape index (κ3) is 42.5. The Labute approximate surface area is 353 Å². The number of hydrogen-bond donors (Lipinski definition) is 0. The van der Waals surface area contributed by atoms with Crippen molar-refractivity contribution in [1.29, 1.82) is 0 Å². The molecular weight excluding hydrogens is 750 g/mol. The van der Waals surface area contributed by atoms with Crippen molar-refractivity contribution in [2.75, 3.05) is 47.5 Å². The molecule has 0 saturated carbocycles. The zero-order valence-electron chi connectivity index (χ0n) is 36.9. The van der Waals surface area contributed by atoms with E-state index in [1.54, 1.807) is 0 Å². The lowest BCUT2D eigenvalue weighted by Gasteiger charge is -2.28. The van der Waals surface area contributed by atoms with Crippen LogP contribution in [0.4, 0.5) is 0 Å². The van der Waals surface area contributed by atoms with E-state index < -0.39 is 32.5 Å². The Morgan fingerprint density at radius 2 is 0.931 bits per heavy atom. The third-order valence-electron chi connectivity index (χ3n) is 8.60. The van der Waals surface area contributed by atoms with E-state index in [2.05, 4.69) is 111 Å². The number of esters is 2. The molecule has 2 atom stereocenters. The fraction of sp³-hybridized carbons (Fsp3) is 0.625. The van der Waals surface area contributed by atoms with E-state index in [0.29, 0.717) is 23.9 Å². The van der Waals surface area contributed by atoms with Gasteiger partial charge in [0.15, 0.2) is 6.10 Å². The van der Waals surface area contributed by atoms with Crippen LogP contribution in [-0.4, -0.2) is 70.0 Å². The van der Waals surface area contributed by atoms with Crippen LogP contribution >= 0.6 is 7.82 Å². The fourth-order valence-corrected chi connectivity index (χ4v) is 5.95. The first-order valence-electron chi connectivity index (χ1n) is 21.9. The highest BCUT2D eigenvalue weighted by Crippen LogP contribution is 2.38. The molecule has 0 aliphatic rings. The second-order valence-corrected chi connectivity index (χ2v) is 16.7. The van der Waals surface area contributed by atoms with Crippen LogP contribution in [-0.2, 0) is 32.7 Å². The molecule has 58 heavy (non-hydrogen) atoms. The average Bonchev–Trinajstić information content (AvgIpc) is 3.17. The molecule has 0 amide bonds. The van der Waals surface area contributed by atoms with E-state index in [1.807, 2.05) is 21.1 Å². The highest BCUT2D eigenvalue weighted by atomic mass is 31.2. The standard InChI is InChI=1S/C48H80NO8P/c1-6-8-10-12-14-16-18-20-22-23-24-25-27-29-31-33-35-37-39-41-48(51)57-46(45-56-58(52,53)55-43-42-49(3,4)5)44-54-47(50)40-38-36-34-32-30-28-26-21-19-17-15-13-11-9-7-2/h8-11,14-17,20-22,24-26,29,31,46H,6-7,12-13,18-19,23,27-28,30,32-45H2,1-5H3/b10-8+,11-9+,16-14+,17-15+,22-20+,25-24+,26-21+,31-29+/t46-/m1/s1. The lowest BCUT2D eigenvalue weighted by Crippen LogP contribution is -2.37. The van der Waals surface area contributed by atoms with Crippen LogP contribution in [0.15, 0.2) is 97.2 Å². The van der Waals surface area contributed by atoms with Crippen molar-refractivity contribution < 1.29 is 42.1 Å². The Morgan fingerprint density at radius 3 is 1.40 bits per heavy atom. The summed E-state index contributed by atoms with van der Waals surface area (Å²) in [6.07, 6.45) is 51.5. The number of nitrogens with zero attached hydrogens (tertiary/aromatic N) is 1. The number of carbonyl (C=O) groups excluding carboxylic acids is 2. The Morgan fingerprint density at radius 1 is 0.534 bits per heavy atom. The molecule has 0 rings (SSSR count). The molecule has 1 unspecified atom stereocenters. The summed E-state index contributed by atoms with van der Waals surface area (Å²) in [5, 5.41) is 0. The summed E-state index contributed by atoms with van der Waals surface area (Å²) in [5.74, 6) is -0.904. The van der Waals surface area contributed by atoms with Crippen LogP contribution < -0.4 is 4.89 Å². The van der Waals surface area contributed by atoms with E-state index in [9.17, 15) is 19.0 Å². The number of rotatable bonds is 38. The maximum Gasteiger partial charge on any atom is 0.306 e. The Kier molecular flexibility index (Phi) is 37.3. The smallest absolute Gasteiger partial charge is 0.306 e. The lowest BCUT2D eigenvalue weighted by atomic mass is 10.1. The number of quaternary nitrogens is 1. The van der Waals surface area contributed by atoms with Crippen LogP contribution in [0.2, 0.25) is 0 Å². The van der Waals surface area contributed by atoms with Crippen LogP contribution in [0, 0.1) is 0 Å². The minimum Gasteiger partial charge on any atom is -0.756 e. The second kappa shape index (κ2) is 39.4. The molecule has 0 aromatic carbocycles. The predicted octanol–water partition coefficient (Wildman–Crippen LogP) is 11.9. The van der Waals surface area contributed by atoms with E-state index in [1.165, 1.54) is 0 Å². The van der Waals surface area contributed by atoms with Gasteiger partial charge in [-0.25, -0.2) is 0 Å². The molecule has 0 radical (unpaired) electrons. The normalized spacial score (nSPS) is 14.5. The topological polar surface area (TPSA) is 111 Å². The maximum absolute atomic E-state index is 12.7. The van der Waals surface area contributed by atoms with E-state index in [4.69, 9.17) is 18.5 Å². The van der Waals surface area contributed by atoms with Crippen molar-refractivity contribution in [2.24, 2.45) is 0 Å². The molecule has 330 valence electrons. The summed E-state index contributed by atoms with van der Waals surface area (Å²) >= 11 is 0. The molecule has 0 heterocycles. The van der Waals surface area contributed by atoms with Crippen molar-refractivity contribution in [3.8, 4) is 0 Å². The number of unbranched alkanes of at least 4 members (excludes halogenated alkanes) is 8. The number of carbonyl (C=O) groups is 2. The van der Waals surface area contributed by atoms with Crippen molar-refractivity contribution >= 4 is 19.8 Å². The summed E-state index contributed by atoms with van der Waals surface area (Å²) in [7, 11) is 1.11. The van der Waals surface area contributed by atoms with Gasteiger partial charge in [0.1, 0.15) is 19.8 Å². The maximum atomic E-state index is 12.7. The number of allylic oxidation sites excluding steroid dienone is 16. The van der Waals surface area contributed by atoms with Gasteiger partial charge in [0.05, 0.1) is 27.7 Å². The number of phosphoric acid groups is 1. The highest BCUT2D eigenvalue weighted by Gasteiger charge is 2.21. The molecule has 0 bridgehead atoms. The molecule has 0 aliphatic carbocycles. The minimum atomic E-state index is -4.65. The highest BCUT2D eigenvalue weighted by molar-refractivity contribution is 7.45. The second-order valence-electron chi connectivity index (χ2n) is 15.3. The summed E-state index contributed by atoms with van der Waals surface area (Å²) in [6.45, 7) is 3.91. The summed E-state index contributed by atoms with van der Waals surface area (Å²) in [4.78, 5) is 37.5. The number of ether oxygens (including phenoxy) is 2. The van der Waals surface area contributed by atoms with E-state index >= 15 is 0 Å². The monoisotopic (exact) mass is 830 g/mol. The summed E-state index contributed by atoms with van der Waals surface area (Å²) in [6, 6.07) is 0. The largest absolute Gasteiger partial charge is 0.756 e. The van der Waals surface area contributed by atoms with Crippen LogP contribution in [0.25, 0.3) is 0 Å². The zero-order valence-corrected chi connectivity index (χ0v) is 37.8. The molecule has 0 N–H and O–H groups in total. The molecule has 0 aliphatic heterocycles. The van der Waals surface area contributed by atoms with Crippen LogP contribution in [0.1, 0.15) is 142 Å². The first-order chi connectivity index (χ1) is 28.0. The van der Waals surface area contributed by atoms with Gasteiger partial charge in [0.25, 0.3) is 7.82 Å². The van der Waals surface area contributed by atoms with Gasteiger partial charge in [-0.2, -0.15) is 0 Å². The van der Waals surface area contributed by atoms with Gasteiger partial charge in [0, 0.05) is 12.8 Å². The number of phosphoric ester groups is 1. The summed E-state index contributed by atoms with van der Waals surface area (Å²) in [5.41, 5.74) is 0. The van der Waals surface area contributed by atoms with Crippen LogP contribution in [0.5, 0.6) is 0 Å². The molecule has 0 saturated heterocycles. The molecule has 0 spiro atoms. The molecular formula is C48H80NO8P. The van der Waals surface area contributed by atoms with Crippen LogP contribution in [0.3, 0.4) is 0 Å². The molecule has 0 fully saturated rings. The van der Waals surface area contributed by atoms with Gasteiger partial charge >= 0.3 is 11.9 Å². The third-order valence-corrected chi connectivity index (χ3v) is 9.56. The summed E-state index contributed by atoms with van der Waals surface area (Å²) < 4.78 is 33.8. The first kappa shape index (κ1) is 54.9. The van der Waals surface area contributed by atoms with E-state index in [-0.39, 0.29) is 26.1 Å². The molecule has 0 aromatic heterocycles. The number of hydrogen-bond acceptors (Lipinski definition) is 8. The van der Waals surface area contributed by atoms with Gasteiger partial charge in [0.2, 0.25) is 0 Å². The first-order valence-corrected chi connectivity index (χ1v) is 23.4. The van der Waals surface area contributed by atoms with Crippen molar-refractivity contribution in [2.45, 2.75) is 148 Å². The van der Waals surface area contributed by atoms with Gasteiger partial charge in [-0.3, -0.25) is 14.2 Å². The molecule has 10 heteroatoms. The molecule has 9 nitrogen and oxygen atoms in total. The average molecular weight is 830 g/mol. The van der Waals surface area contributed by atoms with Gasteiger partial charge < -0.3 is 27.9 Å². The predicted molar refractivity (Wildman–Crippen MR) is 240 cm³/mol. The van der Waals surface area contributed by atoms with Gasteiger partial charge in [-0.05, 0) is 89.9 Å².